The Bertz CT molecular complexity index is 1150. The highest BCUT2D eigenvalue weighted by molar-refractivity contribution is 6.36. The minimum Gasteiger partial charge on any atom is -0.322 e. The van der Waals surface area contributed by atoms with Gasteiger partial charge in [-0.2, -0.15) is 0 Å². The number of hydrogen-bond acceptors (Lipinski definition) is 3. The Hall–Kier alpha value is -3.44. The molecule has 3 aromatic carbocycles. The van der Waals surface area contributed by atoms with Gasteiger partial charge in [0.15, 0.2) is 0 Å². The summed E-state index contributed by atoms with van der Waals surface area (Å²) in [7, 11) is 0. The van der Waals surface area contributed by atoms with Crippen LogP contribution < -0.4 is 10.2 Å². The summed E-state index contributed by atoms with van der Waals surface area (Å²) in [6.45, 7) is 3.88. The van der Waals surface area contributed by atoms with Gasteiger partial charge in [-0.3, -0.25) is 14.4 Å². The monoisotopic (exact) mass is 404 g/mol. The number of fused-ring (bicyclic) bond motifs is 1. The van der Waals surface area contributed by atoms with Crippen LogP contribution in [0.3, 0.4) is 0 Å². The second-order valence-electron chi connectivity index (χ2n) is 6.86. The van der Waals surface area contributed by atoms with Crippen LogP contribution in [0.2, 0.25) is 5.02 Å². The molecule has 0 spiro atoms. The van der Waals surface area contributed by atoms with E-state index in [1.54, 1.807) is 30.3 Å². The van der Waals surface area contributed by atoms with E-state index in [9.17, 15) is 14.4 Å². The summed E-state index contributed by atoms with van der Waals surface area (Å²) in [6.07, 6.45) is 0. The molecule has 0 atom stereocenters. The molecular weight excluding hydrogens is 388 g/mol. The van der Waals surface area contributed by atoms with Crippen LogP contribution in [0, 0.1) is 13.8 Å². The second kappa shape index (κ2) is 7.18. The summed E-state index contributed by atoms with van der Waals surface area (Å²) in [4.78, 5) is 39.4. The maximum atomic E-state index is 12.9. The zero-order chi connectivity index (χ0) is 20.7. The van der Waals surface area contributed by atoms with E-state index in [0.717, 1.165) is 16.0 Å². The molecule has 0 saturated carbocycles. The van der Waals surface area contributed by atoms with Gasteiger partial charge in [-0.15, -0.1) is 0 Å². The van der Waals surface area contributed by atoms with E-state index in [1.165, 1.54) is 12.1 Å². The maximum Gasteiger partial charge on any atom is 0.266 e. The van der Waals surface area contributed by atoms with Gasteiger partial charge in [0.1, 0.15) is 0 Å². The average Bonchev–Trinajstić information content (AvgIpc) is 2.97. The fourth-order valence-corrected chi connectivity index (χ4v) is 3.53. The van der Waals surface area contributed by atoms with Gasteiger partial charge in [0.05, 0.1) is 27.4 Å². The molecule has 29 heavy (non-hydrogen) atoms. The lowest BCUT2D eigenvalue weighted by Gasteiger charge is -2.16. The van der Waals surface area contributed by atoms with E-state index in [-0.39, 0.29) is 10.6 Å². The Morgan fingerprint density at radius 2 is 1.55 bits per heavy atom. The SMILES string of the molecule is Cc1cccc(NC(=O)c2cc(N3C(=O)c4ccccc4C3=O)ccc2Cl)c1C. The highest BCUT2D eigenvalue weighted by Crippen LogP contribution is 2.31. The molecule has 0 saturated heterocycles. The van der Waals surface area contributed by atoms with Crippen molar-refractivity contribution >= 4 is 40.7 Å². The van der Waals surface area contributed by atoms with Crippen molar-refractivity contribution in [2.24, 2.45) is 0 Å². The summed E-state index contributed by atoms with van der Waals surface area (Å²) >= 11 is 6.25. The van der Waals surface area contributed by atoms with Crippen molar-refractivity contribution in [1.29, 1.82) is 0 Å². The molecule has 6 heteroatoms. The van der Waals surface area contributed by atoms with E-state index >= 15 is 0 Å². The predicted octanol–water partition coefficient (Wildman–Crippen LogP) is 5.01. The molecule has 1 N–H and O–H groups in total. The third-order valence-corrected chi connectivity index (χ3v) is 5.43. The Morgan fingerprint density at radius 3 is 2.21 bits per heavy atom. The molecule has 3 amide bonds. The number of rotatable bonds is 3. The van der Waals surface area contributed by atoms with Gasteiger partial charge in [0.25, 0.3) is 17.7 Å². The molecule has 0 radical (unpaired) electrons. The van der Waals surface area contributed by atoms with Crippen molar-refractivity contribution in [1.82, 2.24) is 0 Å². The van der Waals surface area contributed by atoms with E-state index in [4.69, 9.17) is 11.6 Å². The standard InChI is InChI=1S/C23H17ClN2O3/c1-13-6-5-9-20(14(13)2)25-21(27)18-12-15(10-11-19(18)24)26-22(28)16-7-3-4-8-17(16)23(26)29/h3-12H,1-2H3,(H,25,27). The van der Waals surface area contributed by atoms with Gasteiger partial charge >= 0.3 is 0 Å². The molecule has 0 aromatic heterocycles. The molecule has 0 bridgehead atoms. The first-order valence-corrected chi connectivity index (χ1v) is 9.41. The minimum atomic E-state index is -0.422. The fourth-order valence-electron chi connectivity index (χ4n) is 3.33. The first-order chi connectivity index (χ1) is 13.9. The summed E-state index contributed by atoms with van der Waals surface area (Å²) in [5.41, 5.74) is 3.84. The molecule has 3 aromatic rings. The topological polar surface area (TPSA) is 66.5 Å². The Kier molecular flexibility index (Phi) is 4.68. The number of carbonyl (C=O) groups is 3. The summed E-state index contributed by atoms with van der Waals surface area (Å²) in [5.74, 6) is -1.26. The lowest BCUT2D eigenvalue weighted by molar-refractivity contribution is 0.0924. The summed E-state index contributed by atoms with van der Waals surface area (Å²) in [5, 5.41) is 3.08. The van der Waals surface area contributed by atoms with Crippen LogP contribution in [0.1, 0.15) is 42.2 Å². The third kappa shape index (κ3) is 3.19. The number of halogens is 1. The highest BCUT2D eigenvalue weighted by atomic mass is 35.5. The highest BCUT2D eigenvalue weighted by Gasteiger charge is 2.36. The minimum absolute atomic E-state index is 0.182. The molecule has 1 heterocycles. The number of imide groups is 1. The van der Waals surface area contributed by atoms with Gasteiger partial charge < -0.3 is 5.32 Å². The number of hydrogen-bond donors (Lipinski definition) is 1. The lowest BCUT2D eigenvalue weighted by atomic mass is 10.1. The van der Waals surface area contributed by atoms with Crippen molar-refractivity contribution < 1.29 is 14.4 Å². The Balaban J connectivity index is 1.69. The number of benzene rings is 3. The van der Waals surface area contributed by atoms with Crippen molar-refractivity contribution in [2.45, 2.75) is 13.8 Å². The van der Waals surface area contributed by atoms with Gasteiger partial charge in [0.2, 0.25) is 0 Å². The molecule has 1 aliphatic heterocycles. The van der Waals surface area contributed by atoms with E-state index in [2.05, 4.69) is 5.32 Å². The van der Waals surface area contributed by atoms with Crippen LogP contribution in [0.4, 0.5) is 11.4 Å². The van der Waals surface area contributed by atoms with Crippen molar-refractivity contribution in [3.63, 3.8) is 0 Å². The second-order valence-corrected chi connectivity index (χ2v) is 7.26. The molecular formula is C23H17ClN2O3. The summed E-state index contributed by atoms with van der Waals surface area (Å²) < 4.78 is 0. The number of anilines is 2. The lowest BCUT2D eigenvalue weighted by Crippen LogP contribution is -2.29. The van der Waals surface area contributed by atoms with E-state index in [1.807, 2.05) is 32.0 Å². The largest absolute Gasteiger partial charge is 0.322 e. The Labute approximate surface area is 172 Å². The zero-order valence-corrected chi connectivity index (χ0v) is 16.6. The maximum absolute atomic E-state index is 12.9. The molecule has 4 rings (SSSR count). The van der Waals surface area contributed by atoms with Gasteiger partial charge in [-0.25, -0.2) is 4.90 Å². The number of aryl methyl sites for hydroxylation is 1. The number of nitrogens with zero attached hydrogens (tertiary/aromatic N) is 1. The molecule has 0 fully saturated rings. The van der Waals surface area contributed by atoms with Crippen LogP contribution in [0.15, 0.2) is 60.7 Å². The molecule has 144 valence electrons. The van der Waals surface area contributed by atoms with Crippen LogP contribution in [0.25, 0.3) is 0 Å². The first kappa shape index (κ1) is 18.9. The van der Waals surface area contributed by atoms with Crippen LogP contribution in [-0.4, -0.2) is 17.7 Å². The quantitative estimate of drug-likeness (QED) is 0.624. The smallest absolute Gasteiger partial charge is 0.266 e. The van der Waals surface area contributed by atoms with Crippen molar-refractivity contribution in [3.05, 3.63) is 93.5 Å². The molecule has 0 unspecified atom stereocenters. The van der Waals surface area contributed by atoms with Gasteiger partial charge in [-0.1, -0.05) is 35.9 Å². The fraction of sp³-hybridized carbons (Fsp3) is 0.0870. The molecule has 1 aliphatic rings. The van der Waals surface area contributed by atoms with Crippen LogP contribution in [0.5, 0.6) is 0 Å². The molecule has 5 nitrogen and oxygen atoms in total. The number of nitrogens with one attached hydrogen (secondary N) is 1. The average molecular weight is 405 g/mol. The zero-order valence-electron chi connectivity index (χ0n) is 15.8. The molecule has 0 aliphatic carbocycles. The number of amides is 3. The predicted molar refractivity (Wildman–Crippen MR) is 113 cm³/mol. The Morgan fingerprint density at radius 1 is 0.897 bits per heavy atom. The van der Waals surface area contributed by atoms with Crippen molar-refractivity contribution in [2.75, 3.05) is 10.2 Å². The van der Waals surface area contributed by atoms with Crippen LogP contribution in [-0.2, 0) is 0 Å². The van der Waals surface area contributed by atoms with Crippen LogP contribution >= 0.6 is 11.6 Å². The summed E-state index contributed by atoms with van der Waals surface area (Å²) in [6, 6.07) is 16.8. The third-order valence-electron chi connectivity index (χ3n) is 5.10. The normalized spacial score (nSPS) is 12.9. The number of carbonyl (C=O) groups excluding carboxylic acids is 3. The van der Waals surface area contributed by atoms with Crippen molar-refractivity contribution in [3.8, 4) is 0 Å². The first-order valence-electron chi connectivity index (χ1n) is 9.03. The van der Waals surface area contributed by atoms with E-state index < -0.39 is 17.7 Å². The van der Waals surface area contributed by atoms with Gasteiger partial charge in [-0.05, 0) is 61.4 Å². The van der Waals surface area contributed by atoms with Gasteiger partial charge in [0, 0.05) is 5.69 Å². The van der Waals surface area contributed by atoms with E-state index in [0.29, 0.717) is 22.5 Å².